The summed E-state index contributed by atoms with van der Waals surface area (Å²) in [6.07, 6.45) is 2.59. The van der Waals surface area contributed by atoms with E-state index >= 15 is 0 Å². The first-order valence-electron chi connectivity index (χ1n) is 22.7. The summed E-state index contributed by atoms with van der Waals surface area (Å²) in [7, 11) is 8.11. The molecule has 0 amide bonds. The van der Waals surface area contributed by atoms with E-state index in [1.165, 1.54) is 18.6 Å². The third-order valence-electron chi connectivity index (χ3n) is 13.6. The van der Waals surface area contributed by atoms with Gasteiger partial charge in [-0.3, -0.25) is 4.68 Å². The molecule has 67 heavy (non-hydrogen) atoms. The highest BCUT2D eigenvalue weighted by Crippen LogP contribution is 2.38. The number of esters is 1. The summed E-state index contributed by atoms with van der Waals surface area (Å²) in [5.41, 5.74) is 4.85. The van der Waals surface area contributed by atoms with Crippen LogP contribution in [-0.4, -0.2) is 107 Å². The van der Waals surface area contributed by atoms with E-state index in [2.05, 4.69) is 0 Å². The Morgan fingerprint density at radius 1 is 0.776 bits per heavy atom. The Balaban J connectivity index is 0.989. The van der Waals surface area contributed by atoms with Gasteiger partial charge >= 0.3 is 11.9 Å². The number of benzene rings is 4. The van der Waals surface area contributed by atoms with Crippen molar-refractivity contribution in [1.82, 2.24) is 19.3 Å². The van der Waals surface area contributed by atoms with Crippen molar-refractivity contribution in [2.45, 2.75) is 89.4 Å². The molecular weight excluding hydrogens is 861 g/mol. The van der Waals surface area contributed by atoms with Crippen molar-refractivity contribution in [3.63, 3.8) is 0 Å². The zero-order chi connectivity index (χ0) is 47.5. The number of aliphatic hydroxyl groups is 2. The second kappa shape index (κ2) is 20.3. The van der Waals surface area contributed by atoms with Crippen LogP contribution in [0.2, 0.25) is 0 Å². The van der Waals surface area contributed by atoms with E-state index in [0.29, 0.717) is 75.5 Å². The Bertz CT molecular complexity index is 2690. The van der Waals surface area contributed by atoms with Gasteiger partial charge in [-0.2, -0.15) is 5.10 Å². The maximum absolute atomic E-state index is 14.0. The van der Waals surface area contributed by atoms with Gasteiger partial charge in [0.1, 0.15) is 58.8 Å². The SMILES string of the molecule is COc1cc([C@@H](O)[C@H](Cc2nc3cc(C(=O)O)ccc3n2C)OCC2CCC2OC(=O)c2cccc3cn(C[C@H](OCC4CCC4)[C@H](O)c4cc(OC)c(C)c(OC)c4)nc23)cc(OC)c1C. The van der Waals surface area contributed by atoms with E-state index in [0.717, 1.165) is 41.3 Å². The van der Waals surface area contributed by atoms with Crippen LogP contribution in [0.3, 0.4) is 0 Å². The van der Waals surface area contributed by atoms with E-state index in [9.17, 15) is 24.9 Å². The predicted molar refractivity (Wildman–Crippen MR) is 248 cm³/mol. The smallest absolute Gasteiger partial charge is 0.340 e. The van der Waals surface area contributed by atoms with Crippen LogP contribution in [0.25, 0.3) is 21.9 Å². The number of imidazole rings is 1. The van der Waals surface area contributed by atoms with Gasteiger partial charge in [0.15, 0.2) is 0 Å². The molecule has 0 aliphatic heterocycles. The minimum absolute atomic E-state index is 0.119. The molecule has 6 aromatic rings. The van der Waals surface area contributed by atoms with Crippen molar-refractivity contribution < 1.29 is 58.1 Å². The minimum atomic E-state index is -1.15. The molecule has 6 atom stereocenters. The number of fused-ring (bicyclic) bond motifs is 2. The molecule has 0 bridgehead atoms. The summed E-state index contributed by atoms with van der Waals surface area (Å²) in [5.74, 6) is 1.56. The summed E-state index contributed by atoms with van der Waals surface area (Å²) >= 11 is 0. The zero-order valence-electron chi connectivity index (χ0n) is 39.1. The van der Waals surface area contributed by atoms with Gasteiger partial charge in [0.05, 0.1) is 76.5 Å². The number of nitrogens with zero attached hydrogens (tertiary/aromatic N) is 4. The molecule has 0 saturated heterocycles. The van der Waals surface area contributed by atoms with Gasteiger partial charge in [0.2, 0.25) is 0 Å². The number of carbonyl (C=O) groups excluding carboxylic acids is 1. The highest BCUT2D eigenvalue weighted by atomic mass is 16.6. The molecule has 16 heteroatoms. The monoisotopic (exact) mass is 920 g/mol. The third-order valence-corrected chi connectivity index (χ3v) is 13.6. The Morgan fingerprint density at radius 2 is 1.39 bits per heavy atom. The number of rotatable bonds is 21. The summed E-state index contributed by atoms with van der Waals surface area (Å²) in [6.45, 7) is 4.67. The number of aliphatic hydroxyl groups excluding tert-OH is 2. The molecular formula is C51H60N4O12. The number of ether oxygens (including phenoxy) is 7. The quantitative estimate of drug-likeness (QED) is 0.0601. The van der Waals surface area contributed by atoms with E-state index in [4.69, 9.17) is 43.2 Å². The number of carboxylic acids is 1. The van der Waals surface area contributed by atoms with E-state index in [-0.39, 0.29) is 31.1 Å². The van der Waals surface area contributed by atoms with Crippen molar-refractivity contribution >= 4 is 33.9 Å². The number of hydrogen-bond acceptors (Lipinski definition) is 13. The van der Waals surface area contributed by atoms with Crippen LogP contribution >= 0.6 is 0 Å². The standard InChI is InChI=1S/C51H60N4O12/c1-28-40(61-4)19-34(20-41(28)62-5)48(56)44(23-46-52-37-18-31(50(58)59)14-16-38(37)54(46)3)66-27-33-15-17-39(33)67-51(60)36-13-9-12-32-24-55(53-47(32)36)25-45(65-26-30-10-8-11-30)49(57)35-21-42(63-6)29(2)43(22-35)64-7/h9,12-14,16,18-22,24,30,33,39,44-45,48-49,56-57H,8,10-11,15,17,23,25-27H2,1-7H3,(H,58,59)/t33?,39?,44-,45-,48+,49+/m0/s1. The lowest BCUT2D eigenvalue weighted by molar-refractivity contribution is -0.0949. The van der Waals surface area contributed by atoms with Crippen LogP contribution in [0.1, 0.15) is 93.1 Å². The Labute approximate surface area is 389 Å². The lowest BCUT2D eigenvalue weighted by Crippen LogP contribution is -2.40. The first-order chi connectivity index (χ1) is 32.3. The molecule has 356 valence electrons. The second-order valence-electron chi connectivity index (χ2n) is 17.7. The Kier molecular flexibility index (Phi) is 14.4. The number of methoxy groups -OCH3 is 4. The number of carbonyl (C=O) groups is 2. The van der Waals surface area contributed by atoms with E-state index < -0.39 is 42.5 Å². The van der Waals surface area contributed by atoms with Crippen molar-refractivity contribution in [2.75, 3.05) is 41.7 Å². The molecule has 0 radical (unpaired) electrons. The van der Waals surface area contributed by atoms with Crippen LogP contribution in [0.5, 0.6) is 23.0 Å². The van der Waals surface area contributed by atoms with Crippen molar-refractivity contribution in [2.24, 2.45) is 18.9 Å². The van der Waals surface area contributed by atoms with Crippen molar-refractivity contribution in [3.8, 4) is 23.0 Å². The molecule has 2 heterocycles. The van der Waals surface area contributed by atoms with Crippen molar-refractivity contribution in [3.05, 3.63) is 106 Å². The van der Waals surface area contributed by atoms with Gasteiger partial charge in [-0.15, -0.1) is 0 Å². The van der Waals surface area contributed by atoms with Gasteiger partial charge in [0, 0.05) is 42.1 Å². The lowest BCUT2D eigenvalue weighted by Gasteiger charge is -2.37. The van der Waals surface area contributed by atoms with Crippen molar-refractivity contribution in [1.29, 1.82) is 0 Å². The topological polar surface area (TPSA) is 195 Å². The molecule has 3 N–H and O–H groups in total. The first kappa shape index (κ1) is 47.3. The fourth-order valence-electron chi connectivity index (χ4n) is 9.02. The van der Waals surface area contributed by atoms with Gasteiger partial charge < -0.3 is 53.0 Å². The maximum Gasteiger partial charge on any atom is 0.340 e. The summed E-state index contributed by atoms with van der Waals surface area (Å²) in [4.78, 5) is 30.5. The molecule has 2 aliphatic rings. The second-order valence-corrected chi connectivity index (χ2v) is 17.7. The Morgan fingerprint density at radius 3 is 1.94 bits per heavy atom. The molecule has 2 fully saturated rings. The fourth-order valence-corrected chi connectivity index (χ4v) is 9.02. The molecule has 2 aliphatic carbocycles. The van der Waals surface area contributed by atoms with Crippen LogP contribution < -0.4 is 18.9 Å². The first-order valence-corrected chi connectivity index (χ1v) is 22.7. The molecule has 8 rings (SSSR count). The number of aromatic carboxylic acids is 1. The normalized spacial score (nSPS) is 17.9. The average Bonchev–Trinajstić information content (AvgIpc) is 3.87. The largest absolute Gasteiger partial charge is 0.496 e. The molecule has 2 saturated carbocycles. The number of carboxylic acid groups (broad SMARTS) is 1. The average molecular weight is 921 g/mol. The van der Waals surface area contributed by atoms with E-state index in [1.807, 2.05) is 37.7 Å². The maximum atomic E-state index is 14.0. The third kappa shape index (κ3) is 9.94. The molecule has 16 nitrogen and oxygen atoms in total. The van der Waals surface area contributed by atoms with E-state index in [1.54, 1.807) is 75.6 Å². The zero-order valence-corrected chi connectivity index (χ0v) is 39.1. The summed E-state index contributed by atoms with van der Waals surface area (Å²) in [5, 5.41) is 39.0. The fraction of sp³-hybridized carbons (Fsp3) is 0.451. The molecule has 4 aromatic carbocycles. The summed E-state index contributed by atoms with van der Waals surface area (Å²) in [6, 6.07) is 17.3. The molecule has 0 spiro atoms. The predicted octanol–water partition coefficient (Wildman–Crippen LogP) is 7.49. The molecule has 2 unspecified atom stereocenters. The summed E-state index contributed by atoms with van der Waals surface area (Å²) < 4.78 is 45.2. The Hall–Kier alpha value is -6.20. The van der Waals surface area contributed by atoms with Gasteiger partial charge in [-0.05, 0) is 105 Å². The van der Waals surface area contributed by atoms with Gasteiger partial charge in [-0.25, -0.2) is 14.6 Å². The van der Waals surface area contributed by atoms with Crippen LogP contribution in [0, 0.1) is 25.7 Å². The number of aromatic nitrogens is 4. The highest BCUT2D eigenvalue weighted by molar-refractivity contribution is 6.02. The van der Waals surface area contributed by atoms with Crippen LogP contribution in [0.4, 0.5) is 0 Å². The van der Waals surface area contributed by atoms with Gasteiger partial charge in [-0.1, -0.05) is 18.6 Å². The lowest BCUT2D eigenvalue weighted by atomic mass is 9.82. The van der Waals surface area contributed by atoms with Gasteiger partial charge in [0.25, 0.3) is 0 Å². The molecule has 2 aromatic heterocycles. The number of aryl methyl sites for hydroxylation is 1. The van der Waals surface area contributed by atoms with Crippen LogP contribution in [-0.2, 0) is 34.2 Å². The minimum Gasteiger partial charge on any atom is -0.496 e. The highest BCUT2D eigenvalue weighted by Gasteiger charge is 2.37. The van der Waals surface area contributed by atoms with Crippen LogP contribution in [0.15, 0.2) is 66.9 Å². The number of hydrogen-bond donors (Lipinski definition) is 3.